The molecule has 0 saturated heterocycles. The van der Waals surface area contributed by atoms with Crippen LogP contribution in [0.5, 0.6) is 5.75 Å². The Labute approximate surface area is 132 Å². The van der Waals surface area contributed by atoms with E-state index >= 15 is 0 Å². The fraction of sp³-hybridized carbons (Fsp3) is 0.647. The maximum atomic E-state index is 6.41. The monoisotopic (exact) mass is 341 g/mol. The highest BCUT2D eigenvalue weighted by Gasteiger charge is 2.20. The third kappa shape index (κ3) is 5.10. The van der Waals surface area contributed by atoms with Crippen LogP contribution in [0.15, 0.2) is 16.6 Å². The van der Waals surface area contributed by atoms with E-state index in [4.69, 9.17) is 10.5 Å². The molecule has 0 heterocycles. The van der Waals surface area contributed by atoms with Crippen LogP contribution in [0.1, 0.15) is 57.7 Å². The number of ether oxygens (including phenoxy) is 1. The van der Waals surface area contributed by atoms with Crippen molar-refractivity contribution in [3.05, 3.63) is 27.7 Å². The molecule has 20 heavy (non-hydrogen) atoms. The molecule has 3 heteroatoms. The van der Waals surface area contributed by atoms with Gasteiger partial charge in [0.2, 0.25) is 0 Å². The Bertz CT molecular complexity index is 451. The largest absolute Gasteiger partial charge is 0.496 e. The Kier molecular flexibility index (Phi) is 6.08. The van der Waals surface area contributed by atoms with Crippen LogP contribution in [0.4, 0.5) is 0 Å². The number of halogens is 1. The number of methoxy groups -OCH3 is 1. The summed E-state index contributed by atoms with van der Waals surface area (Å²) in [6.45, 7) is 11.2. The zero-order valence-electron chi connectivity index (χ0n) is 13.6. The van der Waals surface area contributed by atoms with Crippen molar-refractivity contribution in [2.24, 2.45) is 17.1 Å². The lowest BCUT2D eigenvalue weighted by atomic mass is 9.82. The second-order valence-corrected chi connectivity index (χ2v) is 7.91. The van der Waals surface area contributed by atoms with Gasteiger partial charge in [-0.15, -0.1) is 0 Å². The molecule has 0 aliphatic rings. The number of hydrogen-bond acceptors (Lipinski definition) is 2. The van der Waals surface area contributed by atoms with E-state index < -0.39 is 0 Å². The summed E-state index contributed by atoms with van der Waals surface area (Å²) < 4.78 is 6.57. The van der Waals surface area contributed by atoms with Crippen LogP contribution < -0.4 is 10.5 Å². The van der Waals surface area contributed by atoms with E-state index in [1.54, 1.807) is 7.11 Å². The number of hydrogen-bond donors (Lipinski definition) is 1. The van der Waals surface area contributed by atoms with Gasteiger partial charge in [-0.05, 0) is 48.8 Å². The first-order valence-corrected chi connectivity index (χ1v) is 8.03. The molecule has 1 aromatic rings. The highest BCUT2D eigenvalue weighted by molar-refractivity contribution is 9.10. The van der Waals surface area contributed by atoms with Crippen LogP contribution in [0.2, 0.25) is 0 Å². The topological polar surface area (TPSA) is 35.2 Å². The van der Waals surface area contributed by atoms with Crippen molar-refractivity contribution in [2.45, 2.75) is 53.5 Å². The van der Waals surface area contributed by atoms with Crippen molar-refractivity contribution >= 4 is 15.9 Å². The Hall–Kier alpha value is -0.540. The zero-order valence-corrected chi connectivity index (χ0v) is 15.2. The van der Waals surface area contributed by atoms with E-state index in [0.717, 1.165) is 22.2 Å². The molecule has 2 nitrogen and oxygen atoms in total. The van der Waals surface area contributed by atoms with E-state index in [0.29, 0.717) is 11.3 Å². The van der Waals surface area contributed by atoms with Crippen LogP contribution in [-0.2, 0) is 0 Å². The molecule has 0 aliphatic heterocycles. The average Bonchev–Trinajstić information content (AvgIpc) is 2.29. The van der Waals surface area contributed by atoms with Gasteiger partial charge < -0.3 is 10.5 Å². The third-order valence-electron chi connectivity index (χ3n) is 3.53. The molecule has 1 rings (SSSR count). The van der Waals surface area contributed by atoms with Crippen molar-refractivity contribution in [1.82, 2.24) is 0 Å². The van der Waals surface area contributed by atoms with Crippen molar-refractivity contribution < 1.29 is 4.74 Å². The predicted octanol–water partition coefficient (Wildman–Crippen LogP) is 5.23. The SMILES string of the molecule is COc1cc(C)c(Br)cc1C(N)CC(C)CC(C)(C)C. The molecule has 0 fully saturated rings. The quantitative estimate of drug-likeness (QED) is 0.795. The molecular formula is C17H28BrNO. The zero-order chi connectivity index (χ0) is 15.5. The predicted molar refractivity (Wildman–Crippen MR) is 90.2 cm³/mol. The van der Waals surface area contributed by atoms with Crippen LogP contribution in [0.25, 0.3) is 0 Å². The molecule has 0 amide bonds. The summed E-state index contributed by atoms with van der Waals surface area (Å²) in [4.78, 5) is 0. The highest BCUT2D eigenvalue weighted by Crippen LogP contribution is 2.35. The Balaban J connectivity index is 2.86. The number of benzene rings is 1. The summed E-state index contributed by atoms with van der Waals surface area (Å²) >= 11 is 3.58. The molecule has 0 bridgehead atoms. The maximum Gasteiger partial charge on any atom is 0.123 e. The summed E-state index contributed by atoms with van der Waals surface area (Å²) in [6.07, 6.45) is 2.15. The lowest BCUT2D eigenvalue weighted by Crippen LogP contribution is -2.18. The van der Waals surface area contributed by atoms with E-state index in [2.05, 4.69) is 56.6 Å². The molecular weight excluding hydrogens is 314 g/mol. The van der Waals surface area contributed by atoms with Crippen molar-refractivity contribution in [3.8, 4) is 5.75 Å². The van der Waals surface area contributed by atoms with Crippen LogP contribution >= 0.6 is 15.9 Å². The molecule has 2 N–H and O–H groups in total. The molecule has 2 unspecified atom stereocenters. The smallest absolute Gasteiger partial charge is 0.123 e. The van der Waals surface area contributed by atoms with Gasteiger partial charge in [0.25, 0.3) is 0 Å². The molecule has 0 spiro atoms. The maximum absolute atomic E-state index is 6.41. The van der Waals surface area contributed by atoms with E-state index in [1.165, 1.54) is 12.0 Å². The molecule has 2 atom stereocenters. The molecule has 0 saturated carbocycles. The van der Waals surface area contributed by atoms with Gasteiger partial charge in [0.1, 0.15) is 5.75 Å². The first-order chi connectivity index (χ1) is 9.14. The Morgan fingerprint density at radius 2 is 1.90 bits per heavy atom. The number of rotatable bonds is 5. The van der Waals surface area contributed by atoms with Gasteiger partial charge in [-0.1, -0.05) is 43.6 Å². The van der Waals surface area contributed by atoms with Gasteiger partial charge in [-0.25, -0.2) is 0 Å². The minimum absolute atomic E-state index is 0.0131. The van der Waals surface area contributed by atoms with Crippen molar-refractivity contribution in [2.75, 3.05) is 7.11 Å². The second-order valence-electron chi connectivity index (χ2n) is 7.06. The van der Waals surface area contributed by atoms with E-state index in [9.17, 15) is 0 Å². The highest BCUT2D eigenvalue weighted by atomic mass is 79.9. The van der Waals surface area contributed by atoms with Gasteiger partial charge >= 0.3 is 0 Å². The molecule has 0 aromatic heterocycles. The summed E-state index contributed by atoms with van der Waals surface area (Å²) in [5, 5.41) is 0. The first-order valence-electron chi connectivity index (χ1n) is 7.23. The first kappa shape index (κ1) is 17.5. The fourth-order valence-electron chi connectivity index (χ4n) is 2.83. The van der Waals surface area contributed by atoms with Gasteiger partial charge in [0.15, 0.2) is 0 Å². The molecule has 1 aromatic carbocycles. The average molecular weight is 342 g/mol. The number of nitrogens with two attached hydrogens (primary N) is 1. The molecule has 0 radical (unpaired) electrons. The third-order valence-corrected chi connectivity index (χ3v) is 4.38. The minimum Gasteiger partial charge on any atom is -0.496 e. The fourth-order valence-corrected chi connectivity index (χ4v) is 3.19. The summed E-state index contributed by atoms with van der Waals surface area (Å²) in [5.74, 6) is 1.48. The lowest BCUT2D eigenvalue weighted by Gasteiger charge is -2.26. The van der Waals surface area contributed by atoms with Crippen molar-refractivity contribution in [3.63, 3.8) is 0 Å². The van der Waals surface area contributed by atoms with Gasteiger partial charge in [0, 0.05) is 16.1 Å². The van der Waals surface area contributed by atoms with Gasteiger partial charge in [-0.2, -0.15) is 0 Å². The normalized spacial score (nSPS) is 15.0. The van der Waals surface area contributed by atoms with Crippen LogP contribution in [0.3, 0.4) is 0 Å². The van der Waals surface area contributed by atoms with Crippen LogP contribution in [0, 0.1) is 18.3 Å². The van der Waals surface area contributed by atoms with Gasteiger partial charge in [0.05, 0.1) is 7.11 Å². The van der Waals surface area contributed by atoms with Gasteiger partial charge in [-0.3, -0.25) is 0 Å². The lowest BCUT2D eigenvalue weighted by molar-refractivity contribution is 0.285. The van der Waals surface area contributed by atoms with E-state index in [-0.39, 0.29) is 6.04 Å². The Morgan fingerprint density at radius 3 is 2.40 bits per heavy atom. The minimum atomic E-state index is 0.0131. The van der Waals surface area contributed by atoms with Crippen molar-refractivity contribution in [1.29, 1.82) is 0 Å². The Morgan fingerprint density at radius 1 is 1.30 bits per heavy atom. The molecule has 0 aliphatic carbocycles. The van der Waals surface area contributed by atoms with Crippen LogP contribution in [-0.4, -0.2) is 7.11 Å². The summed E-state index contributed by atoms with van der Waals surface area (Å²) in [5.41, 5.74) is 9.01. The number of aryl methyl sites for hydroxylation is 1. The summed E-state index contributed by atoms with van der Waals surface area (Å²) in [6, 6.07) is 4.16. The van der Waals surface area contributed by atoms with E-state index in [1.807, 2.05) is 6.07 Å². The standard InChI is InChI=1S/C17H28BrNO/c1-11(10-17(3,4)5)7-15(19)13-9-14(18)12(2)8-16(13)20-6/h8-9,11,15H,7,10,19H2,1-6H3. The molecule has 114 valence electrons. The second kappa shape index (κ2) is 6.95. The summed E-state index contributed by atoms with van der Waals surface area (Å²) in [7, 11) is 1.71.